The molecule has 0 saturated carbocycles. The SMILES string of the molecule is CC(=O)N1Cc2[nH]c(C=O)cc2C(=O)C1N. The average molecular weight is 221 g/mol. The standard InChI is InChI=1S/C10H11N3O3/c1-5(15)13-3-8-7(9(16)10(13)11)2-6(4-14)12-8/h2,4,10,12H,3,11H2,1H3. The van der Waals surface area contributed by atoms with Crippen molar-refractivity contribution in [1.29, 1.82) is 0 Å². The van der Waals surface area contributed by atoms with Crippen LogP contribution in [0, 0.1) is 0 Å². The second-order valence-corrected chi connectivity index (χ2v) is 3.69. The molecule has 16 heavy (non-hydrogen) atoms. The van der Waals surface area contributed by atoms with Crippen LogP contribution < -0.4 is 5.73 Å². The minimum atomic E-state index is -0.958. The van der Waals surface area contributed by atoms with Crippen molar-refractivity contribution in [3.8, 4) is 0 Å². The zero-order valence-corrected chi connectivity index (χ0v) is 8.69. The number of aldehydes is 1. The van der Waals surface area contributed by atoms with Crippen LogP contribution in [0.5, 0.6) is 0 Å². The fourth-order valence-corrected chi connectivity index (χ4v) is 1.81. The summed E-state index contributed by atoms with van der Waals surface area (Å²) in [5.41, 5.74) is 6.91. The summed E-state index contributed by atoms with van der Waals surface area (Å²) in [6, 6.07) is 1.46. The number of ketones is 1. The molecule has 6 heteroatoms. The maximum atomic E-state index is 11.8. The minimum absolute atomic E-state index is 0.228. The fraction of sp³-hybridized carbons (Fsp3) is 0.300. The van der Waals surface area contributed by atoms with Gasteiger partial charge in [-0.3, -0.25) is 14.4 Å². The average Bonchev–Trinajstić information content (AvgIpc) is 2.66. The number of nitrogens with two attached hydrogens (primary N) is 1. The summed E-state index contributed by atoms with van der Waals surface area (Å²) in [5, 5.41) is 0. The first kappa shape index (κ1) is 10.6. The quantitative estimate of drug-likeness (QED) is 0.634. The van der Waals surface area contributed by atoms with Gasteiger partial charge >= 0.3 is 0 Å². The highest BCUT2D eigenvalue weighted by atomic mass is 16.2. The van der Waals surface area contributed by atoms with Crippen LogP contribution in [0.2, 0.25) is 0 Å². The van der Waals surface area contributed by atoms with Crippen LogP contribution in [-0.4, -0.2) is 34.0 Å². The first-order chi connectivity index (χ1) is 7.54. The Balaban J connectivity index is 2.45. The Bertz CT molecular complexity index is 478. The van der Waals surface area contributed by atoms with Crippen molar-refractivity contribution < 1.29 is 14.4 Å². The molecule has 0 bridgehead atoms. The summed E-state index contributed by atoms with van der Waals surface area (Å²) < 4.78 is 0. The molecule has 1 aromatic heterocycles. The Morgan fingerprint density at radius 1 is 1.69 bits per heavy atom. The molecule has 2 heterocycles. The van der Waals surface area contributed by atoms with E-state index in [0.717, 1.165) is 0 Å². The molecule has 2 rings (SSSR count). The Morgan fingerprint density at radius 2 is 2.38 bits per heavy atom. The summed E-state index contributed by atoms with van der Waals surface area (Å²) in [7, 11) is 0. The minimum Gasteiger partial charge on any atom is -0.354 e. The summed E-state index contributed by atoms with van der Waals surface area (Å²) >= 11 is 0. The zero-order chi connectivity index (χ0) is 11.9. The van der Waals surface area contributed by atoms with E-state index < -0.39 is 6.17 Å². The maximum absolute atomic E-state index is 11.8. The number of carbonyl (C=O) groups is 3. The fourth-order valence-electron chi connectivity index (χ4n) is 1.81. The van der Waals surface area contributed by atoms with Crippen molar-refractivity contribution in [1.82, 2.24) is 9.88 Å². The van der Waals surface area contributed by atoms with Crippen LogP contribution >= 0.6 is 0 Å². The number of aromatic amines is 1. The van der Waals surface area contributed by atoms with Gasteiger partial charge in [0.15, 0.2) is 6.29 Å². The smallest absolute Gasteiger partial charge is 0.221 e. The van der Waals surface area contributed by atoms with Crippen molar-refractivity contribution >= 4 is 18.0 Å². The first-order valence-electron chi connectivity index (χ1n) is 4.78. The summed E-state index contributed by atoms with van der Waals surface area (Å²) in [5.74, 6) is -0.616. The molecule has 0 aliphatic carbocycles. The number of hydrogen-bond acceptors (Lipinski definition) is 4. The number of fused-ring (bicyclic) bond motifs is 1. The Labute approximate surface area is 91.4 Å². The number of carbonyl (C=O) groups excluding carboxylic acids is 3. The molecule has 6 nitrogen and oxygen atoms in total. The zero-order valence-electron chi connectivity index (χ0n) is 8.69. The van der Waals surface area contributed by atoms with Gasteiger partial charge in [-0.05, 0) is 6.07 Å². The number of aromatic nitrogens is 1. The number of H-pyrrole nitrogens is 1. The van der Waals surface area contributed by atoms with Gasteiger partial charge in [0.25, 0.3) is 0 Å². The highest BCUT2D eigenvalue weighted by Gasteiger charge is 2.33. The predicted molar refractivity (Wildman–Crippen MR) is 54.7 cm³/mol. The highest BCUT2D eigenvalue weighted by molar-refractivity contribution is 6.04. The Kier molecular flexibility index (Phi) is 2.35. The van der Waals surface area contributed by atoms with Crippen LogP contribution in [0.1, 0.15) is 33.5 Å². The van der Waals surface area contributed by atoms with Crippen LogP contribution in [0.25, 0.3) is 0 Å². The lowest BCUT2D eigenvalue weighted by Crippen LogP contribution is -2.52. The van der Waals surface area contributed by atoms with Gasteiger partial charge < -0.3 is 15.6 Å². The van der Waals surface area contributed by atoms with E-state index in [1.54, 1.807) is 0 Å². The van der Waals surface area contributed by atoms with Crippen LogP contribution in [-0.2, 0) is 11.3 Å². The molecule has 0 spiro atoms. The molecule has 1 unspecified atom stereocenters. The largest absolute Gasteiger partial charge is 0.354 e. The molecule has 1 aliphatic rings. The molecule has 1 amide bonds. The third-order valence-electron chi connectivity index (χ3n) is 2.65. The van der Waals surface area contributed by atoms with E-state index in [4.69, 9.17) is 5.73 Å². The van der Waals surface area contributed by atoms with Crippen molar-refractivity contribution in [2.24, 2.45) is 5.73 Å². The summed E-state index contributed by atoms with van der Waals surface area (Å²) in [4.78, 5) is 37.7. The van der Waals surface area contributed by atoms with Gasteiger partial charge in [0.2, 0.25) is 11.7 Å². The van der Waals surface area contributed by atoms with Crippen molar-refractivity contribution in [2.75, 3.05) is 0 Å². The third-order valence-corrected chi connectivity index (χ3v) is 2.65. The Hall–Kier alpha value is -1.95. The van der Waals surface area contributed by atoms with Gasteiger partial charge in [-0.25, -0.2) is 0 Å². The van der Waals surface area contributed by atoms with E-state index in [2.05, 4.69) is 4.98 Å². The molecule has 0 fully saturated rings. The van der Waals surface area contributed by atoms with Crippen LogP contribution in [0.4, 0.5) is 0 Å². The van der Waals surface area contributed by atoms with Crippen LogP contribution in [0.3, 0.4) is 0 Å². The molecule has 0 aromatic carbocycles. The number of Topliss-reactive ketones (excluding diaryl/α,β-unsaturated/α-hetero) is 1. The van der Waals surface area contributed by atoms with E-state index in [9.17, 15) is 14.4 Å². The molecule has 0 radical (unpaired) electrons. The molecule has 84 valence electrons. The van der Waals surface area contributed by atoms with E-state index in [-0.39, 0.29) is 18.2 Å². The lowest BCUT2D eigenvalue weighted by atomic mass is 10.0. The molecule has 0 saturated heterocycles. The normalized spacial score (nSPS) is 19.5. The molecular formula is C10H11N3O3. The van der Waals surface area contributed by atoms with Gasteiger partial charge in [-0.1, -0.05) is 0 Å². The van der Waals surface area contributed by atoms with Gasteiger partial charge in [0.1, 0.15) is 6.17 Å². The van der Waals surface area contributed by atoms with Gasteiger partial charge in [0.05, 0.1) is 12.2 Å². The van der Waals surface area contributed by atoms with E-state index in [0.29, 0.717) is 23.2 Å². The van der Waals surface area contributed by atoms with Gasteiger partial charge in [-0.2, -0.15) is 0 Å². The van der Waals surface area contributed by atoms with E-state index in [1.807, 2.05) is 0 Å². The molecule has 1 aliphatic heterocycles. The molecular weight excluding hydrogens is 210 g/mol. The molecule has 3 N–H and O–H groups in total. The highest BCUT2D eigenvalue weighted by Crippen LogP contribution is 2.21. The third kappa shape index (κ3) is 1.43. The first-order valence-corrected chi connectivity index (χ1v) is 4.78. The maximum Gasteiger partial charge on any atom is 0.221 e. The molecule has 1 atom stereocenters. The topological polar surface area (TPSA) is 96.3 Å². The van der Waals surface area contributed by atoms with E-state index in [1.165, 1.54) is 17.9 Å². The lowest BCUT2D eigenvalue weighted by molar-refractivity contribution is -0.131. The summed E-state index contributed by atoms with van der Waals surface area (Å²) in [6.45, 7) is 1.58. The van der Waals surface area contributed by atoms with E-state index >= 15 is 0 Å². The monoisotopic (exact) mass is 221 g/mol. The lowest BCUT2D eigenvalue weighted by Gasteiger charge is -2.30. The molecule has 1 aromatic rings. The number of nitrogens with one attached hydrogen (secondary N) is 1. The number of amides is 1. The second-order valence-electron chi connectivity index (χ2n) is 3.69. The van der Waals surface area contributed by atoms with Gasteiger partial charge in [0, 0.05) is 18.2 Å². The van der Waals surface area contributed by atoms with Crippen molar-refractivity contribution in [3.63, 3.8) is 0 Å². The number of hydrogen-bond donors (Lipinski definition) is 2. The van der Waals surface area contributed by atoms with Gasteiger partial charge in [-0.15, -0.1) is 0 Å². The second kappa shape index (κ2) is 3.57. The van der Waals surface area contributed by atoms with Crippen molar-refractivity contribution in [2.45, 2.75) is 19.6 Å². The summed E-state index contributed by atoms with van der Waals surface area (Å²) in [6.07, 6.45) is -0.338. The number of rotatable bonds is 1. The predicted octanol–water partition coefficient (Wildman–Crippen LogP) is -0.343. The number of nitrogens with zero attached hydrogens (tertiary/aromatic N) is 1. The Morgan fingerprint density at radius 3 is 2.94 bits per heavy atom. The van der Waals surface area contributed by atoms with Crippen molar-refractivity contribution in [3.05, 3.63) is 23.0 Å². The van der Waals surface area contributed by atoms with Crippen LogP contribution in [0.15, 0.2) is 6.07 Å².